The lowest BCUT2D eigenvalue weighted by molar-refractivity contribution is -0.137. The molecule has 2 aromatic rings. The fraction of sp³-hybridized carbons (Fsp3) is 0.235. The quantitative estimate of drug-likeness (QED) is 0.747. The number of hydrogen-bond acceptors (Lipinski definition) is 1. The van der Waals surface area contributed by atoms with Crippen LogP contribution in [0.4, 0.5) is 32.4 Å². The Bertz CT molecular complexity index is 789. The summed E-state index contributed by atoms with van der Waals surface area (Å²) in [7, 11) is 0. The molecule has 1 fully saturated rings. The van der Waals surface area contributed by atoms with Crippen LogP contribution in [0.15, 0.2) is 42.5 Å². The van der Waals surface area contributed by atoms with E-state index < -0.39 is 29.4 Å². The zero-order valence-electron chi connectivity index (χ0n) is 12.9. The van der Waals surface area contributed by atoms with E-state index in [0.29, 0.717) is 11.6 Å². The van der Waals surface area contributed by atoms with Gasteiger partial charge in [0.05, 0.1) is 11.3 Å². The zero-order chi connectivity index (χ0) is 18.2. The molecule has 132 valence electrons. The van der Waals surface area contributed by atoms with Crippen molar-refractivity contribution in [1.82, 2.24) is 4.90 Å². The van der Waals surface area contributed by atoms with Gasteiger partial charge in [-0.25, -0.2) is 13.6 Å². The number of anilines is 1. The minimum absolute atomic E-state index is 0.0266. The van der Waals surface area contributed by atoms with Crippen molar-refractivity contribution in [3.05, 3.63) is 65.2 Å². The van der Waals surface area contributed by atoms with Gasteiger partial charge >= 0.3 is 12.2 Å². The molecule has 2 amide bonds. The molecule has 2 aromatic carbocycles. The molecule has 1 heterocycles. The van der Waals surface area contributed by atoms with Crippen molar-refractivity contribution >= 4 is 11.7 Å². The average Bonchev–Trinajstić information content (AvgIpc) is 2.88. The van der Waals surface area contributed by atoms with Gasteiger partial charge in [-0.3, -0.25) is 4.90 Å². The van der Waals surface area contributed by atoms with Crippen LogP contribution in [-0.4, -0.2) is 24.0 Å². The van der Waals surface area contributed by atoms with Crippen LogP contribution in [0.25, 0.3) is 0 Å². The second kappa shape index (κ2) is 6.34. The number of carbonyl (C=O) groups excluding carboxylic acids is 1. The Hall–Kier alpha value is -2.64. The summed E-state index contributed by atoms with van der Waals surface area (Å²) in [5, 5.41) is 0. The molecule has 0 aromatic heterocycles. The van der Waals surface area contributed by atoms with E-state index in [1.165, 1.54) is 28.0 Å². The molecule has 1 saturated heterocycles. The van der Waals surface area contributed by atoms with Crippen LogP contribution in [0.2, 0.25) is 0 Å². The summed E-state index contributed by atoms with van der Waals surface area (Å²) >= 11 is 0. The van der Waals surface area contributed by atoms with E-state index in [1.807, 2.05) is 0 Å². The van der Waals surface area contributed by atoms with Crippen molar-refractivity contribution in [2.75, 3.05) is 18.0 Å². The summed E-state index contributed by atoms with van der Waals surface area (Å²) < 4.78 is 64.5. The molecule has 0 bridgehead atoms. The van der Waals surface area contributed by atoms with E-state index >= 15 is 0 Å². The van der Waals surface area contributed by atoms with Gasteiger partial charge in [0.2, 0.25) is 0 Å². The molecule has 0 N–H and O–H groups in total. The van der Waals surface area contributed by atoms with Gasteiger partial charge in [-0.2, -0.15) is 13.2 Å². The normalized spacial score (nSPS) is 15.2. The smallest absolute Gasteiger partial charge is 0.318 e. The van der Waals surface area contributed by atoms with Gasteiger partial charge in [0.25, 0.3) is 0 Å². The number of urea groups is 1. The van der Waals surface area contributed by atoms with E-state index in [0.717, 1.165) is 18.2 Å². The molecule has 1 aliphatic rings. The third-order valence-corrected chi connectivity index (χ3v) is 3.95. The fourth-order valence-electron chi connectivity index (χ4n) is 2.67. The Morgan fingerprint density at radius 1 is 0.960 bits per heavy atom. The summed E-state index contributed by atoms with van der Waals surface area (Å²) in [6, 6.07) is 6.97. The molecular weight excluding hydrogens is 343 g/mol. The number of rotatable bonds is 3. The summed E-state index contributed by atoms with van der Waals surface area (Å²) in [5.74, 6) is -1.58. The first-order valence-corrected chi connectivity index (χ1v) is 7.43. The highest BCUT2D eigenvalue weighted by atomic mass is 19.4. The van der Waals surface area contributed by atoms with Crippen molar-refractivity contribution in [1.29, 1.82) is 0 Å². The fourth-order valence-corrected chi connectivity index (χ4v) is 2.67. The van der Waals surface area contributed by atoms with E-state index in [1.54, 1.807) is 0 Å². The number of benzene rings is 2. The van der Waals surface area contributed by atoms with Gasteiger partial charge in [0.15, 0.2) is 0 Å². The zero-order valence-corrected chi connectivity index (χ0v) is 12.9. The summed E-state index contributed by atoms with van der Waals surface area (Å²) in [6.45, 7) is 0.606. The minimum Gasteiger partial charge on any atom is -0.318 e. The highest BCUT2D eigenvalue weighted by Crippen LogP contribution is 2.30. The second-order valence-electron chi connectivity index (χ2n) is 5.65. The number of nitrogens with zero attached hydrogens (tertiary/aromatic N) is 2. The third kappa shape index (κ3) is 3.57. The molecule has 25 heavy (non-hydrogen) atoms. The predicted octanol–water partition coefficient (Wildman–Crippen LogP) is 4.43. The number of amides is 2. The van der Waals surface area contributed by atoms with Crippen molar-refractivity contribution in [3.8, 4) is 0 Å². The lowest BCUT2D eigenvalue weighted by Gasteiger charge is -2.19. The first kappa shape index (κ1) is 17.2. The maximum atomic E-state index is 13.8. The molecule has 8 heteroatoms. The molecule has 0 saturated carbocycles. The van der Waals surface area contributed by atoms with Crippen LogP contribution in [0.3, 0.4) is 0 Å². The molecule has 3 rings (SSSR count). The number of carbonyl (C=O) groups is 1. The van der Waals surface area contributed by atoms with E-state index in [9.17, 15) is 26.7 Å². The summed E-state index contributed by atoms with van der Waals surface area (Å²) in [6.07, 6.45) is -4.42. The van der Waals surface area contributed by atoms with Crippen LogP contribution < -0.4 is 4.90 Å². The molecule has 0 aliphatic carbocycles. The van der Waals surface area contributed by atoms with Crippen molar-refractivity contribution < 1.29 is 26.7 Å². The SMILES string of the molecule is O=C1N(Cc2ccc(C(F)(F)F)cc2)CCN1c1ccc(F)cc1F. The second-order valence-corrected chi connectivity index (χ2v) is 5.65. The van der Waals surface area contributed by atoms with Crippen molar-refractivity contribution in [3.63, 3.8) is 0 Å². The van der Waals surface area contributed by atoms with Crippen molar-refractivity contribution in [2.45, 2.75) is 12.7 Å². The van der Waals surface area contributed by atoms with E-state index in [-0.39, 0.29) is 25.3 Å². The maximum Gasteiger partial charge on any atom is 0.416 e. The lowest BCUT2D eigenvalue weighted by Crippen LogP contribution is -2.32. The third-order valence-electron chi connectivity index (χ3n) is 3.95. The molecule has 0 spiro atoms. The molecular formula is C17H13F5N2O. The minimum atomic E-state index is -4.42. The Balaban J connectivity index is 1.72. The topological polar surface area (TPSA) is 23.6 Å². The maximum absolute atomic E-state index is 13.8. The van der Waals surface area contributed by atoms with Gasteiger partial charge in [-0.1, -0.05) is 12.1 Å². The highest BCUT2D eigenvalue weighted by Gasteiger charge is 2.32. The van der Waals surface area contributed by atoms with Crippen LogP contribution in [0, 0.1) is 11.6 Å². The van der Waals surface area contributed by atoms with Crippen LogP contribution in [-0.2, 0) is 12.7 Å². The molecule has 0 unspecified atom stereocenters. The number of halogens is 5. The molecule has 0 radical (unpaired) electrons. The van der Waals surface area contributed by atoms with E-state index in [2.05, 4.69) is 0 Å². The Labute approximate surface area is 140 Å². The monoisotopic (exact) mass is 356 g/mol. The van der Waals surface area contributed by atoms with Gasteiger partial charge in [0.1, 0.15) is 11.6 Å². The predicted molar refractivity (Wildman–Crippen MR) is 81.0 cm³/mol. The van der Waals surface area contributed by atoms with Crippen LogP contribution in [0.5, 0.6) is 0 Å². The molecule has 3 nitrogen and oxygen atoms in total. The Kier molecular flexibility index (Phi) is 4.36. The first-order chi connectivity index (χ1) is 11.8. The largest absolute Gasteiger partial charge is 0.416 e. The number of hydrogen-bond donors (Lipinski definition) is 0. The van der Waals surface area contributed by atoms with Gasteiger partial charge in [0, 0.05) is 25.7 Å². The van der Waals surface area contributed by atoms with Gasteiger partial charge in [-0.05, 0) is 29.8 Å². The van der Waals surface area contributed by atoms with Crippen molar-refractivity contribution in [2.24, 2.45) is 0 Å². The first-order valence-electron chi connectivity index (χ1n) is 7.43. The highest BCUT2D eigenvalue weighted by molar-refractivity contribution is 5.94. The summed E-state index contributed by atoms with van der Waals surface area (Å²) in [5.41, 5.74) is -0.261. The Morgan fingerprint density at radius 3 is 2.24 bits per heavy atom. The molecule has 1 aliphatic heterocycles. The van der Waals surface area contributed by atoms with E-state index in [4.69, 9.17) is 0 Å². The van der Waals surface area contributed by atoms with Gasteiger partial charge in [-0.15, -0.1) is 0 Å². The van der Waals surface area contributed by atoms with Crippen LogP contribution in [0.1, 0.15) is 11.1 Å². The summed E-state index contributed by atoms with van der Waals surface area (Å²) in [4.78, 5) is 15.0. The number of alkyl halides is 3. The Morgan fingerprint density at radius 2 is 1.64 bits per heavy atom. The standard InChI is InChI=1S/C17H13F5N2O/c18-13-5-6-15(14(19)9-13)24-8-7-23(16(24)25)10-11-1-3-12(4-2-11)17(20,21)22/h1-6,9H,7-8,10H2. The molecule has 0 atom stereocenters. The lowest BCUT2D eigenvalue weighted by atomic mass is 10.1. The average molecular weight is 356 g/mol. The van der Waals surface area contributed by atoms with Gasteiger partial charge < -0.3 is 4.90 Å². The van der Waals surface area contributed by atoms with Crippen LogP contribution >= 0.6 is 0 Å².